The molecule has 1 saturated heterocycles. The van der Waals surface area contributed by atoms with Gasteiger partial charge in [0.05, 0.1) is 19.1 Å². The van der Waals surface area contributed by atoms with E-state index in [2.05, 4.69) is 10.5 Å². The number of carbonyl (C=O) groups is 2. The van der Waals surface area contributed by atoms with Crippen molar-refractivity contribution in [3.63, 3.8) is 0 Å². The Balaban J connectivity index is 1.79. The summed E-state index contributed by atoms with van der Waals surface area (Å²) < 4.78 is 10.1. The second-order valence-corrected chi connectivity index (χ2v) is 5.15. The van der Waals surface area contributed by atoms with Crippen molar-refractivity contribution in [2.75, 3.05) is 32.1 Å². The molecule has 0 saturated carbocycles. The van der Waals surface area contributed by atoms with Crippen LogP contribution in [0.2, 0.25) is 0 Å². The molecule has 1 aliphatic heterocycles. The van der Waals surface area contributed by atoms with Crippen LogP contribution in [0.3, 0.4) is 0 Å². The molecular weight excluding hydrogens is 278 g/mol. The third kappa shape index (κ3) is 4.02. The molecule has 2 heterocycles. The van der Waals surface area contributed by atoms with Crippen LogP contribution in [-0.4, -0.2) is 59.9 Å². The summed E-state index contributed by atoms with van der Waals surface area (Å²) in [5.41, 5.74) is 0. The lowest BCUT2D eigenvalue weighted by Crippen LogP contribution is -2.41. The molecule has 0 bridgehead atoms. The summed E-state index contributed by atoms with van der Waals surface area (Å²) in [6, 6.07) is 1.43. The largest absolute Gasteiger partial charge is 0.481 e. The first-order valence-electron chi connectivity index (χ1n) is 6.71. The fraction of sp³-hybridized carbons (Fsp3) is 0.615. The third-order valence-electron chi connectivity index (χ3n) is 3.52. The number of carbonyl (C=O) groups excluding carboxylic acids is 1. The fourth-order valence-corrected chi connectivity index (χ4v) is 2.29. The molecule has 2 rings (SSSR count). The molecule has 8 nitrogen and oxygen atoms in total. The van der Waals surface area contributed by atoms with Crippen molar-refractivity contribution >= 4 is 17.7 Å². The standard InChI is InChI=1S/C13H19N3O5/c1-8-5-11(15-21-8)14-12(17)3-4-16(2)10-7-20-6-9(10)13(18)19/h5,9-10H,3-4,6-7H2,1-2H3,(H,18,19)(H,14,15,17). The molecule has 21 heavy (non-hydrogen) atoms. The molecule has 116 valence electrons. The first kappa shape index (κ1) is 15.5. The summed E-state index contributed by atoms with van der Waals surface area (Å²) in [6.45, 7) is 2.77. The number of likely N-dealkylation sites (N-methyl/N-ethyl adjacent to an activating group) is 1. The molecule has 8 heteroatoms. The predicted octanol–water partition coefficient (Wildman–Crippen LogP) is 0.343. The maximum atomic E-state index is 11.8. The number of rotatable bonds is 6. The van der Waals surface area contributed by atoms with Gasteiger partial charge in [-0.25, -0.2) is 0 Å². The van der Waals surface area contributed by atoms with Crippen LogP contribution in [-0.2, 0) is 14.3 Å². The Labute approximate surface area is 122 Å². The third-order valence-corrected chi connectivity index (χ3v) is 3.52. The van der Waals surface area contributed by atoms with Crippen molar-refractivity contribution in [2.45, 2.75) is 19.4 Å². The molecule has 1 aromatic heterocycles. The van der Waals surface area contributed by atoms with Crippen molar-refractivity contribution in [2.24, 2.45) is 5.92 Å². The van der Waals surface area contributed by atoms with E-state index in [-0.39, 0.29) is 25.0 Å². The average Bonchev–Trinajstić information content (AvgIpc) is 3.05. The van der Waals surface area contributed by atoms with Gasteiger partial charge in [0.2, 0.25) is 5.91 Å². The number of nitrogens with zero attached hydrogens (tertiary/aromatic N) is 2. The maximum absolute atomic E-state index is 11.8. The Morgan fingerprint density at radius 3 is 2.90 bits per heavy atom. The van der Waals surface area contributed by atoms with Crippen molar-refractivity contribution in [1.82, 2.24) is 10.1 Å². The van der Waals surface area contributed by atoms with Gasteiger partial charge in [-0.3, -0.25) is 14.5 Å². The van der Waals surface area contributed by atoms with Gasteiger partial charge in [-0.2, -0.15) is 0 Å². The molecular formula is C13H19N3O5. The molecule has 1 aromatic rings. The van der Waals surface area contributed by atoms with Crippen molar-refractivity contribution < 1.29 is 24.0 Å². The van der Waals surface area contributed by atoms with Gasteiger partial charge < -0.3 is 19.7 Å². The number of amides is 1. The van der Waals surface area contributed by atoms with E-state index in [0.717, 1.165) is 0 Å². The molecule has 0 aliphatic carbocycles. The summed E-state index contributed by atoms with van der Waals surface area (Å²) in [5, 5.41) is 15.4. The predicted molar refractivity (Wildman–Crippen MR) is 72.8 cm³/mol. The molecule has 2 atom stereocenters. The van der Waals surface area contributed by atoms with E-state index in [9.17, 15) is 9.59 Å². The van der Waals surface area contributed by atoms with E-state index < -0.39 is 11.9 Å². The maximum Gasteiger partial charge on any atom is 0.310 e. The van der Waals surface area contributed by atoms with Crippen LogP contribution in [0.25, 0.3) is 0 Å². The average molecular weight is 297 g/mol. The van der Waals surface area contributed by atoms with Gasteiger partial charge in [0.15, 0.2) is 5.82 Å². The Morgan fingerprint density at radius 1 is 1.52 bits per heavy atom. The molecule has 1 amide bonds. The van der Waals surface area contributed by atoms with Gasteiger partial charge in [0.1, 0.15) is 5.76 Å². The van der Waals surface area contributed by atoms with Crippen LogP contribution >= 0.6 is 0 Å². The van der Waals surface area contributed by atoms with Gasteiger partial charge >= 0.3 is 5.97 Å². The number of ether oxygens (including phenoxy) is 1. The Bertz CT molecular complexity index is 516. The number of aromatic nitrogens is 1. The number of carboxylic acids is 1. The van der Waals surface area contributed by atoms with E-state index in [0.29, 0.717) is 24.7 Å². The summed E-state index contributed by atoms with van der Waals surface area (Å²) in [5.74, 6) is -0.605. The second-order valence-electron chi connectivity index (χ2n) is 5.15. The number of aliphatic carboxylic acids is 1. The summed E-state index contributed by atoms with van der Waals surface area (Å²) >= 11 is 0. The van der Waals surface area contributed by atoms with Crippen LogP contribution < -0.4 is 5.32 Å². The van der Waals surface area contributed by atoms with Crippen LogP contribution in [0.5, 0.6) is 0 Å². The number of aryl methyl sites for hydroxylation is 1. The van der Waals surface area contributed by atoms with Gasteiger partial charge in [0, 0.05) is 25.1 Å². The smallest absolute Gasteiger partial charge is 0.310 e. The highest BCUT2D eigenvalue weighted by molar-refractivity contribution is 5.89. The first-order valence-corrected chi connectivity index (χ1v) is 6.71. The topological polar surface area (TPSA) is 105 Å². The Hall–Kier alpha value is -1.93. The number of anilines is 1. The van der Waals surface area contributed by atoms with Crippen molar-refractivity contribution in [1.29, 1.82) is 0 Å². The number of hydrogen-bond donors (Lipinski definition) is 2. The van der Waals surface area contributed by atoms with E-state index in [1.54, 1.807) is 20.0 Å². The SMILES string of the molecule is Cc1cc(NC(=O)CCN(C)C2COCC2C(=O)O)no1. The molecule has 2 unspecified atom stereocenters. The number of hydrogen-bond acceptors (Lipinski definition) is 6. The Kier molecular flexibility index (Phi) is 4.92. The molecule has 0 spiro atoms. The molecule has 0 aromatic carbocycles. The number of nitrogens with one attached hydrogen (secondary N) is 1. The zero-order valence-electron chi connectivity index (χ0n) is 12.0. The minimum Gasteiger partial charge on any atom is -0.481 e. The van der Waals surface area contributed by atoms with Gasteiger partial charge in [-0.1, -0.05) is 5.16 Å². The summed E-state index contributed by atoms with van der Waals surface area (Å²) in [7, 11) is 1.79. The Morgan fingerprint density at radius 2 is 2.29 bits per heavy atom. The lowest BCUT2D eigenvalue weighted by molar-refractivity contribution is -0.143. The zero-order valence-corrected chi connectivity index (χ0v) is 12.0. The van der Waals surface area contributed by atoms with Gasteiger partial charge in [0.25, 0.3) is 0 Å². The van der Waals surface area contributed by atoms with E-state index in [1.807, 2.05) is 4.90 Å². The van der Waals surface area contributed by atoms with E-state index in [4.69, 9.17) is 14.4 Å². The minimum absolute atomic E-state index is 0.194. The second kappa shape index (κ2) is 6.68. The lowest BCUT2D eigenvalue weighted by atomic mass is 10.0. The van der Waals surface area contributed by atoms with Crippen LogP contribution in [0, 0.1) is 12.8 Å². The van der Waals surface area contributed by atoms with Gasteiger partial charge in [-0.05, 0) is 14.0 Å². The van der Waals surface area contributed by atoms with E-state index in [1.165, 1.54) is 0 Å². The van der Waals surface area contributed by atoms with Crippen molar-refractivity contribution in [3.05, 3.63) is 11.8 Å². The lowest BCUT2D eigenvalue weighted by Gasteiger charge is -2.25. The minimum atomic E-state index is -0.869. The van der Waals surface area contributed by atoms with Crippen LogP contribution in [0.1, 0.15) is 12.2 Å². The highest BCUT2D eigenvalue weighted by atomic mass is 16.5. The molecule has 1 aliphatic rings. The van der Waals surface area contributed by atoms with Crippen molar-refractivity contribution in [3.8, 4) is 0 Å². The normalized spacial score (nSPS) is 21.7. The number of carboxylic acid groups (broad SMARTS) is 1. The van der Waals surface area contributed by atoms with Gasteiger partial charge in [-0.15, -0.1) is 0 Å². The first-order chi connectivity index (χ1) is 9.97. The fourth-order valence-electron chi connectivity index (χ4n) is 2.29. The quantitative estimate of drug-likeness (QED) is 0.780. The highest BCUT2D eigenvalue weighted by Gasteiger charge is 2.36. The zero-order chi connectivity index (χ0) is 15.4. The molecule has 2 N–H and O–H groups in total. The highest BCUT2D eigenvalue weighted by Crippen LogP contribution is 2.19. The van der Waals surface area contributed by atoms with Crippen LogP contribution in [0.15, 0.2) is 10.6 Å². The van der Waals surface area contributed by atoms with E-state index >= 15 is 0 Å². The molecule has 0 radical (unpaired) electrons. The summed E-state index contributed by atoms with van der Waals surface area (Å²) in [6.07, 6.45) is 0.241. The van der Waals surface area contributed by atoms with Crippen LogP contribution in [0.4, 0.5) is 5.82 Å². The summed E-state index contributed by atoms with van der Waals surface area (Å²) in [4.78, 5) is 24.7. The molecule has 1 fully saturated rings. The monoisotopic (exact) mass is 297 g/mol.